The first kappa shape index (κ1) is 15.5. The van der Waals surface area contributed by atoms with Crippen LogP contribution in [0.1, 0.15) is 5.89 Å². The Hall–Kier alpha value is -2.43. The zero-order valence-corrected chi connectivity index (χ0v) is 12.7. The van der Waals surface area contributed by atoms with Gasteiger partial charge in [-0.3, -0.25) is 0 Å². The SMILES string of the molecule is CS(C)(=O)=Nc1cn2ccc(-c3noc(C(F)(F)F)n3)cc2n1. The second-order valence-electron chi connectivity index (χ2n) is 4.97. The average Bonchev–Trinajstić information content (AvgIpc) is 3.00. The Morgan fingerprint density at radius 1 is 1.30 bits per heavy atom. The highest BCUT2D eigenvalue weighted by Crippen LogP contribution is 2.29. The first-order valence-corrected chi connectivity index (χ1v) is 8.52. The van der Waals surface area contributed by atoms with Crippen LogP contribution in [0.4, 0.5) is 19.0 Å². The molecule has 0 spiro atoms. The van der Waals surface area contributed by atoms with Crippen LogP contribution >= 0.6 is 0 Å². The monoisotopic (exact) mass is 345 g/mol. The third kappa shape index (κ3) is 3.33. The van der Waals surface area contributed by atoms with E-state index in [0.717, 1.165) is 0 Å². The van der Waals surface area contributed by atoms with Crippen molar-refractivity contribution < 1.29 is 21.9 Å². The van der Waals surface area contributed by atoms with E-state index in [1.165, 1.54) is 24.6 Å². The van der Waals surface area contributed by atoms with Crippen LogP contribution in [0.3, 0.4) is 0 Å². The van der Waals surface area contributed by atoms with Gasteiger partial charge in [-0.25, -0.2) is 9.19 Å². The van der Waals surface area contributed by atoms with Crippen LogP contribution in [0, 0.1) is 0 Å². The topological polar surface area (TPSA) is 85.7 Å². The Bertz CT molecular complexity index is 990. The van der Waals surface area contributed by atoms with Crippen molar-refractivity contribution in [2.75, 3.05) is 12.5 Å². The Morgan fingerprint density at radius 2 is 2.04 bits per heavy atom. The Kier molecular flexibility index (Phi) is 3.39. The van der Waals surface area contributed by atoms with Gasteiger partial charge in [0, 0.05) is 34.0 Å². The largest absolute Gasteiger partial charge is 0.471 e. The van der Waals surface area contributed by atoms with E-state index >= 15 is 0 Å². The van der Waals surface area contributed by atoms with Crippen molar-refractivity contribution in [2.45, 2.75) is 6.18 Å². The molecule has 0 saturated heterocycles. The summed E-state index contributed by atoms with van der Waals surface area (Å²) in [6.07, 6.45) is 1.37. The maximum atomic E-state index is 12.5. The number of hydrogen-bond acceptors (Lipinski definition) is 6. The molecule has 0 aromatic carbocycles. The molecule has 0 N–H and O–H groups in total. The number of pyridine rings is 1. The van der Waals surface area contributed by atoms with Gasteiger partial charge >= 0.3 is 12.1 Å². The number of fused-ring (bicyclic) bond motifs is 1. The Labute approximate surface area is 128 Å². The van der Waals surface area contributed by atoms with Gasteiger partial charge in [0.25, 0.3) is 0 Å². The highest BCUT2D eigenvalue weighted by atomic mass is 32.2. The molecule has 0 aliphatic heterocycles. The molecule has 3 heterocycles. The lowest BCUT2D eigenvalue weighted by Crippen LogP contribution is -2.04. The maximum Gasteiger partial charge on any atom is 0.471 e. The van der Waals surface area contributed by atoms with Gasteiger partial charge in [-0.1, -0.05) is 5.16 Å². The van der Waals surface area contributed by atoms with Gasteiger partial charge in [0.15, 0.2) is 5.82 Å². The summed E-state index contributed by atoms with van der Waals surface area (Å²) in [6, 6.07) is 3.00. The minimum absolute atomic E-state index is 0.198. The van der Waals surface area contributed by atoms with E-state index in [0.29, 0.717) is 11.2 Å². The van der Waals surface area contributed by atoms with Crippen molar-refractivity contribution >= 4 is 21.2 Å². The van der Waals surface area contributed by atoms with E-state index in [1.807, 2.05) is 0 Å². The van der Waals surface area contributed by atoms with Crippen LogP contribution < -0.4 is 0 Å². The minimum atomic E-state index is -4.70. The summed E-state index contributed by atoms with van der Waals surface area (Å²) in [5.74, 6) is -1.35. The summed E-state index contributed by atoms with van der Waals surface area (Å²) in [5.41, 5.74) is 0.714. The summed E-state index contributed by atoms with van der Waals surface area (Å²) in [5, 5.41) is 3.31. The molecule has 0 aliphatic carbocycles. The van der Waals surface area contributed by atoms with E-state index in [1.54, 1.807) is 16.8 Å². The molecule has 23 heavy (non-hydrogen) atoms. The second-order valence-corrected chi connectivity index (χ2v) is 7.52. The van der Waals surface area contributed by atoms with Gasteiger partial charge in [-0.05, 0) is 12.1 Å². The molecule has 122 valence electrons. The number of aromatic nitrogens is 4. The van der Waals surface area contributed by atoms with E-state index in [2.05, 4.69) is 24.0 Å². The lowest BCUT2D eigenvalue weighted by molar-refractivity contribution is -0.159. The predicted octanol–water partition coefficient (Wildman–Crippen LogP) is 2.76. The predicted molar refractivity (Wildman–Crippen MR) is 75.6 cm³/mol. The number of alkyl halides is 3. The van der Waals surface area contributed by atoms with Crippen LogP contribution in [0.25, 0.3) is 17.0 Å². The third-order valence-corrected chi connectivity index (χ3v) is 3.31. The molecule has 7 nitrogen and oxygen atoms in total. The van der Waals surface area contributed by atoms with Crippen LogP contribution in [-0.2, 0) is 15.9 Å². The second kappa shape index (κ2) is 5.05. The molecule has 0 atom stereocenters. The molecule has 0 aliphatic rings. The summed E-state index contributed by atoms with van der Waals surface area (Å²) < 4.78 is 58.9. The number of hydrogen-bond donors (Lipinski definition) is 0. The molecule has 0 fully saturated rings. The van der Waals surface area contributed by atoms with Gasteiger partial charge in [0.1, 0.15) is 5.65 Å². The zero-order valence-electron chi connectivity index (χ0n) is 11.9. The van der Waals surface area contributed by atoms with E-state index in [4.69, 9.17) is 0 Å². The summed E-state index contributed by atoms with van der Waals surface area (Å²) in [7, 11) is -2.37. The molecular weight excluding hydrogens is 335 g/mol. The Balaban J connectivity index is 2.03. The molecule has 0 unspecified atom stereocenters. The molecule has 3 aromatic heterocycles. The van der Waals surface area contributed by atoms with Crippen molar-refractivity contribution in [3.8, 4) is 11.4 Å². The molecule has 3 rings (SSSR count). The molecule has 0 radical (unpaired) electrons. The number of halogens is 3. The quantitative estimate of drug-likeness (QED) is 0.713. The summed E-state index contributed by atoms with van der Waals surface area (Å²) in [4.78, 5) is 7.46. The van der Waals surface area contributed by atoms with Crippen molar-refractivity contribution in [3.63, 3.8) is 0 Å². The smallest absolute Gasteiger partial charge is 0.329 e. The molecule has 11 heteroatoms. The minimum Gasteiger partial charge on any atom is -0.329 e. The Morgan fingerprint density at radius 3 is 2.65 bits per heavy atom. The molecular formula is C12H10F3N5O2S. The standard InChI is InChI=1S/C12H10F3N5O2S/c1-23(2,21)19-8-6-20-4-3-7(5-9(20)16-8)10-17-11(22-18-10)12(13,14)15/h3-6H,1-2H3. The lowest BCUT2D eigenvalue weighted by Gasteiger charge is -1.97. The van der Waals surface area contributed by atoms with Crippen LogP contribution in [0.15, 0.2) is 33.4 Å². The van der Waals surface area contributed by atoms with Crippen molar-refractivity contribution in [3.05, 3.63) is 30.4 Å². The highest BCUT2D eigenvalue weighted by Gasteiger charge is 2.38. The van der Waals surface area contributed by atoms with Crippen molar-refractivity contribution in [1.29, 1.82) is 0 Å². The number of rotatable bonds is 2. The van der Waals surface area contributed by atoms with Crippen molar-refractivity contribution in [1.82, 2.24) is 19.5 Å². The first-order valence-electron chi connectivity index (χ1n) is 6.19. The maximum absolute atomic E-state index is 12.5. The number of imidazole rings is 1. The fourth-order valence-electron chi connectivity index (χ4n) is 1.83. The van der Waals surface area contributed by atoms with Gasteiger partial charge in [-0.15, -0.1) is 0 Å². The third-order valence-electron chi connectivity index (χ3n) is 2.69. The average molecular weight is 345 g/mol. The normalized spacial score (nSPS) is 12.7. The summed E-state index contributed by atoms with van der Waals surface area (Å²) >= 11 is 0. The fraction of sp³-hybridized carbons (Fsp3) is 0.250. The lowest BCUT2D eigenvalue weighted by atomic mass is 10.2. The molecule has 0 amide bonds. The fourth-order valence-corrected chi connectivity index (χ4v) is 2.37. The van der Waals surface area contributed by atoms with Gasteiger partial charge in [0.2, 0.25) is 5.82 Å². The zero-order chi connectivity index (χ0) is 16.8. The van der Waals surface area contributed by atoms with Gasteiger partial charge in [0.05, 0.1) is 6.20 Å². The molecule has 0 saturated carbocycles. The molecule has 3 aromatic rings. The molecule has 0 bridgehead atoms. The van der Waals surface area contributed by atoms with E-state index < -0.39 is 21.8 Å². The first-order chi connectivity index (χ1) is 10.6. The van der Waals surface area contributed by atoms with E-state index in [-0.39, 0.29) is 11.6 Å². The van der Waals surface area contributed by atoms with Gasteiger partial charge < -0.3 is 8.92 Å². The summed E-state index contributed by atoms with van der Waals surface area (Å²) in [6.45, 7) is 0. The van der Waals surface area contributed by atoms with Crippen molar-refractivity contribution in [2.24, 2.45) is 4.36 Å². The number of nitrogens with zero attached hydrogens (tertiary/aromatic N) is 5. The van der Waals surface area contributed by atoms with Crippen LogP contribution in [-0.4, -0.2) is 36.2 Å². The van der Waals surface area contributed by atoms with Crippen LogP contribution in [0.2, 0.25) is 0 Å². The van der Waals surface area contributed by atoms with E-state index in [9.17, 15) is 17.4 Å². The van der Waals surface area contributed by atoms with Gasteiger partial charge in [-0.2, -0.15) is 22.5 Å². The highest BCUT2D eigenvalue weighted by molar-refractivity contribution is 7.92. The van der Waals surface area contributed by atoms with Crippen LogP contribution in [0.5, 0.6) is 0 Å².